The van der Waals surface area contributed by atoms with E-state index in [-0.39, 0.29) is 0 Å². The lowest BCUT2D eigenvalue weighted by Gasteiger charge is -2.23. The van der Waals surface area contributed by atoms with E-state index in [9.17, 15) is 0 Å². The molecule has 0 atom stereocenters. The zero-order chi connectivity index (χ0) is 9.26. The van der Waals surface area contributed by atoms with Crippen molar-refractivity contribution >= 4 is 5.95 Å². The van der Waals surface area contributed by atoms with Crippen molar-refractivity contribution in [1.29, 1.82) is 0 Å². The van der Waals surface area contributed by atoms with Gasteiger partial charge in [-0.3, -0.25) is 0 Å². The van der Waals surface area contributed by atoms with Crippen LogP contribution in [0.15, 0.2) is 6.20 Å². The van der Waals surface area contributed by atoms with E-state index in [1.54, 1.807) is 0 Å². The van der Waals surface area contributed by atoms with Crippen LogP contribution in [0.4, 0.5) is 5.95 Å². The van der Waals surface area contributed by atoms with Crippen LogP contribution in [0.3, 0.4) is 0 Å². The normalized spacial score (nSPS) is 16.8. The Balaban J connectivity index is 2.31. The van der Waals surface area contributed by atoms with Crippen LogP contribution >= 0.6 is 0 Å². The molecule has 0 aliphatic carbocycles. The maximum absolute atomic E-state index is 4.42. The third kappa shape index (κ3) is 1.62. The molecular weight excluding hydrogens is 164 g/mol. The topological polar surface area (TPSA) is 41.1 Å². The van der Waals surface area contributed by atoms with Crippen molar-refractivity contribution in [3.8, 4) is 0 Å². The molecule has 4 nitrogen and oxygen atoms in total. The molecule has 1 aliphatic heterocycles. The number of hydrogen-bond acceptors (Lipinski definition) is 4. The molecule has 1 aromatic heterocycles. The molecule has 0 spiro atoms. The van der Waals surface area contributed by atoms with Crippen molar-refractivity contribution in [3.63, 3.8) is 0 Å². The summed E-state index contributed by atoms with van der Waals surface area (Å²) in [5.41, 5.74) is 2.45. The lowest BCUT2D eigenvalue weighted by Crippen LogP contribution is -2.27. The zero-order valence-electron chi connectivity index (χ0n) is 8.04. The third-order valence-corrected chi connectivity index (χ3v) is 2.35. The van der Waals surface area contributed by atoms with Gasteiger partial charge in [-0.1, -0.05) is 0 Å². The van der Waals surface area contributed by atoms with Gasteiger partial charge in [0.05, 0.1) is 5.69 Å². The lowest BCUT2D eigenvalue weighted by molar-refractivity contribution is 0.309. The highest BCUT2D eigenvalue weighted by Crippen LogP contribution is 2.15. The average molecular weight is 178 g/mol. The van der Waals surface area contributed by atoms with Crippen LogP contribution < -0.4 is 5.32 Å². The highest BCUT2D eigenvalue weighted by molar-refractivity contribution is 5.30. The van der Waals surface area contributed by atoms with Crippen LogP contribution in [0.25, 0.3) is 0 Å². The van der Waals surface area contributed by atoms with Crippen molar-refractivity contribution < 1.29 is 0 Å². The zero-order valence-corrected chi connectivity index (χ0v) is 8.04. The van der Waals surface area contributed by atoms with Gasteiger partial charge in [-0.15, -0.1) is 0 Å². The minimum Gasteiger partial charge on any atom is -0.357 e. The summed E-state index contributed by atoms with van der Waals surface area (Å²) in [4.78, 5) is 10.9. The van der Waals surface area contributed by atoms with Gasteiger partial charge in [0.15, 0.2) is 0 Å². The fraction of sp³-hybridized carbons (Fsp3) is 0.556. The predicted molar refractivity (Wildman–Crippen MR) is 51.6 cm³/mol. The van der Waals surface area contributed by atoms with E-state index in [1.165, 1.54) is 11.3 Å². The molecule has 0 amide bonds. The van der Waals surface area contributed by atoms with E-state index in [0.29, 0.717) is 0 Å². The number of aromatic nitrogens is 2. The largest absolute Gasteiger partial charge is 0.357 e. The van der Waals surface area contributed by atoms with Gasteiger partial charge in [0.25, 0.3) is 0 Å². The third-order valence-electron chi connectivity index (χ3n) is 2.35. The van der Waals surface area contributed by atoms with Crippen molar-refractivity contribution in [1.82, 2.24) is 14.9 Å². The molecule has 0 aromatic carbocycles. The fourth-order valence-electron chi connectivity index (χ4n) is 1.58. The highest BCUT2D eigenvalue weighted by atomic mass is 15.1. The van der Waals surface area contributed by atoms with Crippen molar-refractivity contribution in [2.24, 2.45) is 0 Å². The van der Waals surface area contributed by atoms with Gasteiger partial charge in [-0.25, -0.2) is 9.97 Å². The standard InChI is InChI=1S/C9H14N4/c1-10-9-11-5-7-6-13(2)4-3-8(7)12-9/h5H,3-4,6H2,1-2H3,(H,10,11,12). The highest BCUT2D eigenvalue weighted by Gasteiger charge is 2.14. The summed E-state index contributed by atoms with van der Waals surface area (Å²) in [5.74, 6) is 0.725. The maximum atomic E-state index is 4.42. The Bertz CT molecular complexity index is 310. The molecule has 0 radical (unpaired) electrons. The quantitative estimate of drug-likeness (QED) is 0.680. The molecule has 0 fully saturated rings. The Morgan fingerprint density at radius 1 is 1.54 bits per heavy atom. The summed E-state index contributed by atoms with van der Waals surface area (Å²) in [6.45, 7) is 2.06. The first-order valence-electron chi connectivity index (χ1n) is 4.50. The van der Waals surface area contributed by atoms with E-state index >= 15 is 0 Å². The smallest absolute Gasteiger partial charge is 0.222 e. The molecule has 1 aromatic rings. The number of nitrogens with one attached hydrogen (secondary N) is 1. The summed E-state index contributed by atoms with van der Waals surface area (Å²) in [6, 6.07) is 0. The minimum atomic E-state index is 0.725. The molecule has 70 valence electrons. The Labute approximate surface area is 78.0 Å². The Morgan fingerprint density at radius 2 is 2.38 bits per heavy atom. The first kappa shape index (κ1) is 8.44. The first-order valence-corrected chi connectivity index (χ1v) is 4.50. The molecule has 2 heterocycles. The SMILES string of the molecule is CNc1ncc2c(n1)CCN(C)C2. The maximum Gasteiger partial charge on any atom is 0.222 e. The van der Waals surface area contributed by atoms with Crippen LogP contribution in [0.5, 0.6) is 0 Å². The predicted octanol–water partition coefficient (Wildman–Crippen LogP) is 0.506. The van der Waals surface area contributed by atoms with Gasteiger partial charge < -0.3 is 10.2 Å². The number of nitrogens with zero attached hydrogens (tertiary/aromatic N) is 3. The number of hydrogen-bond donors (Lipinski definition) is 1. The van der Waals surface area contributed by atoms with Crippen molar-refractivity contribution in [3.05, 3.63) is 17.5 Å². The molecule has 1 aliphatic rings. The number of rotatable bonds is 1. The summed E-state index contributed by atoms with van der Waals surface area (Å²) in [5, 5.41) is 2.95. The van der Waals surface area contributed by atoms with Gasteiger partial charge in [-0.2, -0.15) is 0 Å². The molecule has 13 heavy (non-hydrogen) atoms. The summed E-state index contributed by atoms with van der Waals surface area (Å²) >= 11 is 0. The van der Waals surface area contributed by atoms with Crippen LogP contribution in [0.2, 0.25) is 0 Å². The molecule has 4 heteroatoms. The lowest BCUT2D eigenvalue weighted by atomic mass is 10.1. The summed E-state index contributed by atoms with van der Waals surface area (Å²) in [6.07, 6.45) is 2.95. The van der Waals surface area contributed by atoms with Crippen LogP contribution in [-0.2, 0) is 13.0 Å². The van der Waals surface area contributed by atoms with E-state index in [4.69, 9.17) is 0 Å². The monoisotopic (exact) mass is 178 g/mol. The Morgan fingerprint density at radius 3 is 3.15 bits per heavy atom. The van der Waals surface area contributed by atoms with Gasteiger partial charge in [0.1, 0.15) is 0 Å². The van der Waals surface area contributed by atoms with E-state index in [0.717, 1.165) is 25.5 Å². The van der Waals surface area contributed by atoms with E-state index < -0.39 is 0 Å². The Kier molecular flexibility index (Phi) is 2.14. The molecule has 0 saturated carbocycles. The Hall–Kier alpha value is -1.16. The minimum absolute atomic E-state index is 0.725. The molecular formula is C9H14N4. The van der Waals surface area contributed by atoms with Crippen LogP contribution in [0.1, 0.15) is 11.3 Å². The first-order chi connectivity index (χ1) is 6.29. The van der Waals surface area contributed by atoms with Crippen molar-refractivity contribution in [2.45, 2.75) is 13.0 Å². The van der Waals surface area contributed by atoms with Gasteiger partial charge in [0, 0.05) is 38.3 Å². The van der Waals surface area contributed by atoms with Crippen LogP contribution in [-0.4, -0.2) is 35.5 Å². The van der Waals surface area contributed by atoms with Gasteiger partial charge in [0.2, 0.25) is 5.95 Å². The fourth-order valence-corrected chi connectivity index (χ4v) is 1.58. The molecule has 2 rings (SSSR count). The van der Waals surface area contributed by atoms with E-state index in [1.807, 2.05) is 13.2 Å². The second-order valence-corrected chi connectivity index (χ2v) is 3.40. The molecule has 0 bridgehead atoms. The van der Waals surface area contributed by atoms with Crippen LogP contribution in [0, 0.1) is 0 Å². The molecule has 1 N–H and O–H groups in total. The van der Waals surface area contributed by atoms with Crippen molar-refractivity contribution in [2.75, 3.05) is 26.0 Å². The van der Waals surface area contributed by atoms with Gasteiger partial charge in [-0.05, 0) is 7.05 Å². The van der Waals surface area contributed by atoms with E-state index in [2.05, 4.69) is 27.2 Å². The average Bonchev–Trinajstić information content (AvgIpc) is 2.17. The summed E-state index contributed by atoms with van der Waals surface area (Å²) in [7, 11) is 3.96. The van der Waals surface area contributed by atoms with Gasteiger partial charge >= 0.3 is 0 Å². The second-order valence-electron chi connectivity index (χ2n) is 3.40. The number of anilines is 1. The number of likely N-dealkylation sites (N-methyl/N-ethyl adjacent to an activating group) is 1. The molecule has 0 saturated heterocycles. The summed E-state index contributed by atoms with van der Waals surface area (Å²) < 4.78 is 0. The second kappa shape index (κ2) is 3.30. The number of fused-ring (bicyclic) bond motifs is 1. The molecule has 0 unspecified atom stereocenters.